The van der Waals surface area contributed by atoms with Crippen LogP contribution in [0.5, 0.6) is 5.88 Å². The Morgan fingerprint density at radius 1 is 1.08 bits per heavy atom. The topological polar surface area (TPSA) is 145 Å². The summed E-state index contributed by atoms with van der Waals surface area (Å²) < 4.78 is 33.6. The Labute approximate surface area is 232 Å². The molecule has 4 N–H and O–H groups in total. The Morgan fingerprint density at radius 3 is 2.56 bits per heavy atom. The molecule has 0 amide bonds. The highest BCUT2D eigenvalue weighted by Gasteiger charge is 2.22. The van der Waals surface area contributed by atoms with Gasteiger partial charge < -0.3 is 15.8 Å². The van der Waals surface area contributed by atoms with E-state index in [1.54, 1.807) is 18.3 Å². The maximum Gasteiger partial charge on any atom is 0.264 e. The molecule has 12 heteroatoms. The fourth-order valence-corrected chi connectivity index (χ4v) is 6.26. The van der Waals surface area contributed by atoms with Gasteiger partial charge in [0, 0.05) is 29.2 Å². The van der Waals surface area contributed by atoms with Crippen LogP contribution in [0.4, 0.5) is 11.8 Å². The molecule has 0 unspecified atom stereocenters. The van der Waals surface area contributed by atoms with E-state index in [4.69, 9.17) is 27.1 Å². The van der Waals surface area contributed by atoms with Crippen LogP contribution >= 0.6 is 11.6 Å². The third-order valence-electron chi connectivity index (χ3n) is 6.82. The number of hydrogen-bond donors (Lipinski definition) is 3. The van der Waals surface area contributed by atoms with Crippen molar-refractivity contribution in [3.8, 4) is 17.1 Å². The van der Waals surface area contributed by atoms with Gasteiger partial charge >= 0.3 is 0 Å². The van der Waals surface area contributed by atoms with Crippen molar-refractivity contribution in [1.29, 1.82) is 0 Å². The van der Waals surface area contributed by atoms with Crippen molar-refractivity contribution in [2.45, 2.75) is 56.0 Å². The smallest absolute Gasteiger partial charge is 0.264 e. The van der Waals surface area contributed by atoms with E-state index in [1.807, 2.05) is 12.1 Å². The molecule has 1 fully saturated rings. The van der Waals surface area contributed by atoms with Crippen molar-refractivity contribution in [2.24, 2.45) is 5.73 Å². The summed E-state index contributed by atoms with van der Waals surface area (Å²) in [5.41, 5.74) is 9.15. The standard InChI is InChI=1S/C27H30ClN7O3S/c1-3-16-12-17(13-18-14-31-27(34-24(16)18)32-20-10-8-19(29)9-11-20)25-26(38-2)33-23(15-30-25)35-39(36,37)22-7-5-4-6-21(22)28/h4-7,12-15,19-20H,3,8-11,29H2,1-2H3,(H,33,35)(H,31,32,34). The molecule has 204 valence electrons. The molecule has 0 saturated heterocycles. The van der Waals surface area contributed by atoms with Gasteiger partial charge in [0.25, 0.3) is 10.0 Å². The molecule has 1 aliphatic carbocycles. The highest BCUT2D eigenvalue weighted by atomic mass is 35.5. The van der Waals surface area contributed by atoms with Gasteiger partial charge in [0.15, 0.2) is 5.82 Å². The Kier molecular flexibility index (Phi) is 7.83. The first-order valence-corrected chi connectivity index (χ1v) is 14.6. The zero-order valence-corrected chi connectivity index (χ0v) is 23.3. The molecule has 0 radical (unpaired) electrons. The SMILES string of the molecule is CCc1cc(-c2ncc(NS(=O)(=O)c3ccccc3Cl)nc2OC)cc2cnc(NC3CCC(N)CC3)nc12. The number of nitrogens with one attached hydrogen (secondary N) is 2. The number of anilines is 2. The van der Waals surface area contributed by atoms with E-state index in [9.17, 15) is 8.42 Å². The molecule has 5 rings (SSSR count). The Balaban J connectivity index is 1.44. The summed E-state index contributed by atoms with van der Waals surface area (Å²) >= 11 is 6.08. The van der Waals surface area contributed by atoms with Gasteiger partial charge in [0.1, 0.15) is 10.6 Å². The quantitative estimate of drug-likeness (QED) is 0.273. The van der Waals surface area contributed by atoms with Crippen LogP contribution < -0.4 is 20.5 Å². The van der Waals surface area contributed by atoms with Crippen molar-refractivity contribution in [1.82, 2.24) is 19.9 Å². The van der Waals surface area contributed by atoms with Crippen LogP contribution in [0, 0.1) is 0 Å². The lowest BCUT2D eigenvalue weighted by atomic mass is 9.92. The van der Waals surface area contributed by atoms with Gasteiger partial charge in [-0.2, -0.15) is 4.98 Å². The molecule has 4 aromatic rings. The molecule has 39 heavy (non-hydrogen) atoms. The van der Waals surface area contributed by atoms with Crippen LogP contribution in [0.2, 0.25) is 5.02 Å². The van der Waals surface area contributed by atoms with Crippen LogP contribution in [-0.4, -0.2) is 47.5 Å². The van der Waals surface area contributed by atoms with Crippen molar-refractivity contribution >= 4 is 44.3 Å². The van der Waals surface area contributed by atoms with Crippen molar-refractivity contribution < 1.29 is 13.2 Å². The lowest BCUT2D eigenvalue weighted by Crippen LogP contribution is -2.33. The molecule has 1 aliphatic rings. The summed E-state index contributed by atoms with van der Waals surface area (Å²) in [4.78, 5) is 18.2. The van der Waals surface area contributed by atoms with Gasteiger partial charge in [-0.1, -0.05) is 30.7 Å². The average molecular weight is 568 g/mol. The molecule has 10 nitrogen and oxygen atoms in total. The number of methoxy groups -OCH3 is 1. The number of nitrogens with zero attached hydrogens (tertiary/aromatic N) is 4. The number of sulfonamides is 1. The molecular formula is C27H30ClN7O3S. The van der Waals surface area contributed by atoms with Crippen molar-refractivity contribution in [3.05, 3.63) is 59.4 Å². The van der Waals surface area contributed by atoms with Gasteiger partial charge in [-0.3, -0.25) is 4.72 Å². The number of aromatic nitrogens is 4. The lowest BCUT2D eigenvalue weighted by molar-refractivity contribution is 0.398. The van der Waals surface area contributed by atoms with Crippen LogP contribution in [0.3, 0.4) is 0 Å². The Morgan fingerprint density at radius 2 is 1.85 bits per heavy atom. The van der Waals surface area contributed by atoms with E-state index in [0.29, 0.717) is 17.7 Å². The summed E-state index contributed by atoms with van der Waals surface area (Å²) in [6.07, 6.45) is 7.90. The highest BCUT2D eigenvalue weighted by Crippen LogP contribution is 2.33. The zero-order chi connectivity index (χ0) is 27.6. The molecule has 0 bridgehead atoms. The highest BCUT2D eigenvalue weighted by molar-refractivity contribution is 7.92. The third kappa shape index (κ3) is 5.90. The average Bonchev–Trinajstić information content (AvgIpc) is 2.93. The molecule has 0 atom stereocenters. The number of halogens is 1. The van der Waals surface area contributed by atoms with E-state index in [-0.39, 0.29) is 27.7 Å². The summed E-state index contributed by atoms with van der Waals surface area (Å²) in [6, 6.07) is 10.7. The molecule has 2 heterocycles. The Hall–Kier alpha value is -3.54. The maximum absolute atomic E-state index is 12.8. The minimum Gasteiger partial charge on any atom is -0.479 e. The number of rotatable bonds is 8. The fraction of sp³-hybridized carbons (Fsp3) is 0.333. The van der Waals surface area contributed by atoms with Gasteiger partial charge in [-0.25, -0.2) is 23.4 Å². The van der Waals surface area contributed by atoms with Gasteiger partial charge in [0.2, 0.25) is 11.8 Å². The first kappa shape index (κ1) is 27.0. The van der Waals surface area contributed by atoms with Crippen LogP contribution in [0.15, 0.2) is 53.7 Å². The summed E-state index contributed by atoms with van der Waals surface area (Å²) in [5.74, 6) is 0.790. The fourth-order valence-electron chi connectivity index (χ4n) is 4.76. The van der Waals surface area contributed by atoms with Gasteiger partial charge in [-0.15, -0.1) is 0 Å². The second-order valence-corrected chi connectivity index (χ2v) is 11.6. The lowest BCUT2D eigenvalue weighted by Gasteiger charge is -2.26. The minimum absolute atomic E-state index is 0.00902. The molecule has 0 aliphatic heterocycles. The predicted molar refractivity (Wildman–Crippen MR) is 153 cm³/mol. The van der Waals surface area contributed by atoms with E-state index in [0.717, 1.165) is 54.1 Å². The minimum atomic E-state index is -3.97. The normalized spacial score (nSPS) is 17.6. The van der Waals surface area contributed by atoms with Crippen LogP contribution in [0.1, 0.15) is 38.2 Å². The van der Waals surface area contributed by atoms with Crippen LogP contribution in [0.25, 0.3) is 22.2 Å². The summed E-state index contributed by atoms with van der Waals surface area (Å²) in [5, 5.41) is 4.42. The van der Waals surface area contributed by atoms with Gasteiger partial charge in [-0.05, 0) is 61.9 Å². The molecule has 2 aromatic carbocycles. The molecule has 2 aromatic heterocycles. The van der Waals surface area contributed by atoms with E-state index < -0.39 is 10.0 Å². The number of benzene rings is 2. The van der Waals surface area contributed by atoms with E-state index in [2.05, 4.69) is 31.9 Å². The Bertz CT molecular complexity index is 1610. The largest absolute Gasteiger partial charge is 0.479 e. The summed E-state index contributed by atoms with van der Waals surface area (Å²) in [6.45, 7) is 2.06. The monoisotopic (exact) mass is 567 g/mol. The first-order valence-electron chi connectivity index (χ1n) is 12.8. The predicted octanol–water partition coefficient (Wildman–Crippen LogP) is 4.79. The maximum atomic E-state index is 12.8. The number of ether oxygens (including phenoxy) is 1. The molecule has 1 saturated carbocycles. The second kappa shape index (κ2) is 11.3. The van der Waals surface area contributed by atoms with Gasteiger partial charge in [0.05, 0.1) is 23.8 Å². The number of nitrogens with two attached hydrogens (primary N) is 1. The first-order chi connectivity index (χ1) is 18.8. The van der Waals surface area contributed by atoms with E-state index in [1.165, 1.54) is 25.4 Å². The third-order valence-corrected chi connectivity index (χ3v) is 8.67. The van der Waals surface area contributed by atoms with Crippen molar-refractivity contribution in [2.75, 3.05) is 17.1 Å². The van der Waals surface area contributed by atoms with E-state index >= 15 is 0 Å². The number of aryl methyl sites for hydroxylation is 1. The molecule has 0 spiro atoms. The zero-order valence-electron chi connectivity index (χ0n) is 21.7. The van der Waals surface area contributed by atoms with Crippen LogP contribution in [-0.2, 0) is 16.4 Å². The molecular weight excluding hydrogens is 538 g/mol. The number of hydrogen-bond acceptors (Lipinski definition) is 9. The summed E-state index contributed by atoms with van der Waals surface area (Å²) in [7, 11) is -2.51. The second-order valence-electron chi connectivity index (χ2n) is 9.53. The number of fused-ring (bicyclic) bond motifs is 1. The van der Waals surface area contributed by atoms with Crippen molar-refractivity contribution in [3.63, 3.8) is 0 Å².